The Labute approximate surface area is 106 Å². The molecule has 0 aliphatic carbocycles. The molecule has 0 fully saturated rings. The number of tetrazole rings is 1. The molecule has 0 bridgehead atoms. The zero-order valence-corrected chi connectivity index (χ0v) is 11.3. The number of carbonyl (C=O) groups is 1. The van der Waals surface area contributed by atoms with Gasteiger partial charge in [-0.2, -0.15) is 0 Å². The van der Waals surface area contributed by atoms with Crippen molar-refractivity contribution >= 4 is 5.97 Å². The van der Waals surface area contributed by atoms with Crippen LogP contribution in [-0.2, 0) is 21.7 Å². The van der Waals surface area contributed by atoms with Gasteiger partial charge >= 0.3 is 5.97 Å². The summed E-state index contributed by atoms with van der Waals surface area (Å²) in [4.78, 5) is 10.8. The highest BCUT2D eigenvalue weighted by atomic mass is 16.5. The average molecular weight is 256 g/mol. The molecule has 18 heavy (non-hydrogen) atoms. The molecule has 0 spiro atoms. The Morgan fingerprint density at radius 3 is 2.78 bits per heavy atom. The van der Waals surface area contributed by atoms with Crippen LogP contribution in [0.25, 0.3) is 0 Å². The molecule has 1 aromatic rings. The fourth-order valence-electron chi connectivity index (χ4n) is 1.57. The van der Waals surface area contributed by atoms with E-state index in [1.165, 1.54) is 0 Å². The number of ether oxygens (including phenoxy) is 1. The summed E-state index contributed by atoms with van der Waals surface area (Å²) in [5.74, 6) is -0.600. The van der Waals surface area contributed by atoms with Crippen molar-refractivity contribution < 1.29 is 14.6 Å². The van der Waals surface area contributed by atoms with Crippen molar-refractivity contribution in [1.82, 2.24) is 20.2 Å². The Kier molecular flexibility index (Phi) is 4.77. The van der Waals surface area contributed by atoms with Gasteiger partial charge in [-0.25, -0.2) is 4.68 Å². The molecule has 0 amide bonds. The molecule has 1 aromatic heterocycles. The maximum atomic E-state index is 10.8. The second-order valence-corrected chi connectivity index (χ2v) is 4.54. The summed E-state index contributed by atoms with van der Waals surface area (Å²) in [6.07, 6.45) is 1.22. The normalized spacial score (nSPS) is 16.2. The van der Waals surface area contributed by atoms with Crippen molar-refractivity contribution in [3.63, 3.8) is 0 Å². The summed E-state index contributed by atoms with van der Waals surface area (Å²) in [5.41, 5.74) is -0.546. The molecule has 0 radical (unpaired) electrons. The van der Waals surface area contributed by atoms with Gasteiger partial charge in [0.1, 0.15) is 5.60 Å². The third-order valence-electron chi connectivity index (χ3n) is 3.33. The van der Waals surface area contributed by atoms with Crippen molar-refractivity contribution in [1.29, 1.82) is 0 Å². The van der Waals surface area contributed by atoms with Gasteiger partial charge in [0.2, 0.25) is 0 Å². The molecule has 7 heteroatoms. The smallest absolute Gasteiger partial charge is 0.306 e. The van der Waals surface area contributed by atoms with Gasteiger partial charge in [-0.15, -0.1) is 5.10 Å². The Morgan fingerprint density at radius 2 is 2.28 bits per heavy atom. The molecule has 0 aliphatic heterocycles. The van der Waals surface area contributed by atoms with Crippen LogP contribution in [0.1, 0.15) is 39.4 Å². The minimum Gasteiger partial charge on any atom is -0.481 e. The second kappa shape index (κ2) is 5.90. The van der Waals surface area contributed by atoms with E-state index in [2.05, 4.69) is 15.5 Å². The highest BCUT2D eigenvalue weighted by Crippen LogP contribution is 2.25. The van der Waals surface area contributed by atoms with Crippen LogP contribution in [0.15, 0.2) is 0 Å². The van der Waals surface area contributed by atoms with Crippen LogP contribution in [0, 0.1) is 5.92 Å². The average Bonchev–Trinajstić information content (AvgIpc) is 2.83. The third-order valence-corrected chi connectivity index (χ3v) is 3.33. The summed E-state index contributed by atoms with van der Waals surface area (Å²) in [6, 6.07) is 0. The highest BCUT2D eigenvalue weighted by molar-refractivity contribution is 5.69. The van der Waals surface area contributed by atoms with E-state index >= 15 is 0 Å². The van der Waals surface area contributed by atoms with Crippen LogP contribution in [0.5, 0.6) is 0 Å². The van der Waals surface area contributed by atoms with E-state index in [-0.39, 0.29) is 0 Å². The van der Waals surface area contributed by atoms with Gasteiger partial charge in [0.05, 0.1) is 5.92 Å². The van der Waals surface area contributed by atoms with Crippen LogP contribution in [0.4, 0.5) is 0 Å². The van der Waals surface area contributed by atoms with Crippen LogP contribution >= 0.6 is 0 Å². The first-order chi connectivity index (χ1) is 8.44. The third kappa shape index (κ3) is 3.04. The SMILES string of the molecule is CCC(C)(OC)c1nnnn1CCC(C)C(=O)O. The zero-order valence-electron chi connectivity index (χ0n) is 11.3. The number of hydrogen-bond donors (Lipinski definition) is 1. The van der Waals surface area contributed by atoms with Crippen LogP contribution in [-0.4, -0.2) is 38.4 Å². The number of aryl methyl sites for hydroxylation is 1. The predicted molar refractivity (Wildman–Crippen MR) is 63.9 cm³/mol. The van der Waals surface area contributed by atoms with Crippen LogP contribution in [0.3, 0.4) is 0 Å². The lowest BCUT2D eigenvalue weighted by atomic mass is 10.0. The maximum absolute atomic E-state index is 10.8. The minimum absolute atomic E-state index is 0.419. The first-order valence-electron chi connectivity index (χ1n) is 5.99. The summed E-state index contributed by atoms with van der Waals surface area (Å²) >= 11 is 0. The molecule has 0 aromatic carbocycles. The van der Waals surface area contributed by atoms with Gasteiger partial charge in [-0.1, -0.05) is 13.8 Å². The van der Waals surface area contributed by atoms with Gasteiger partial charge in [0, 0.05) is 13.7 Å². The van der Waals surface area contributed by atoms with Crippen molar-refractivity contribution in [3.05, 3.63) is 5.82 Å². The number of methoxy groups -OCH3 is 1. The lowest BCUT2D eigenvalue weighted by Gasteiger charge is -2.25. The van der Waals surface area contributed by atoms with Gasteiger partial charge in [-0.3, -0.25) is 4.79 Å². The van der Waals surface area contributed by atoms with E-state index in [4.69, 9.17) is 9.84 Å². The molecule has 7 nitrogen and oxygen atoms in total. The number of carboxylic acid groups (broad SMARTS) is 1. The first-order valence-corrected chi connectivity index (χ1v) is 5.99. The summed E-state index contributed by atoms with van der Waals surface area (Å²) in [5, 5.41) is 20.4. The number of rotatable bonds is 7. The minimum atomic E-state index is -0.811. The van der Waals surface area contributed by atoms with Crippen LogP contribution in [0.2, 0.25) is 0 Å². The molecule has 2 unspecified atom stereocenters. The number of aromatic nitrogens is 4. The number of hydrogen-bond acceptors (Lipinski definition) is 5. The highest BCUT2D eigenvalue weighted by Gasteiger charge is 2.30. The Morgan fingerprint density at radius 1 is 1.61 bits per heavy atom. The molecule has 1 N–H and O–H groups in total. The molecule has 0 saturated carbocycles. The van der Waals surface area contributed by atoms with Crippen molar-refractivity contribution in [3.8, 4) is 0 Å². The number of aliphatic carboxylic acids is 1. The summed E-state index contributed by atoms with van der Waals surface area (Å²) in [7, 11) is 1.61. The van der Waals surface area contributed by atoms with E-state index in [1.54, 1.807) is 18.7 Å². The molecule has 1 rings (SSSR count). The fraction of sp³-hybridized carbons (Fsp3) is 0.818. The van der Waals surface area contributed by atoms with E-state index in [0.717, 1.165) is 6.42 Å². The molecule has 2 atom stereocenters. The topological polar surface area (TPSA) is 90.1 Å². The van der Waals surface area contributed by atoms with E-state index in [0.29, 0.717) is 18.8 Å². The predicted octanol–water partition coefficient (Wildman–Crippen LogP) is 1.06. The lowest BCUT2D eigenvalue weighted by Crippen LogP contribution is -2.29. The summed E-state index contributed by atoms with van der Waals surface area (Å²) in [6.45, 7) is 6.04. The molecule has 0 saturated heterocycles. The summed E-state index contributed by atoms with van der Waals surface area (Å²) < 4.78 is 7.06. The Bertz CT molecular complexity index is 401. The van der Waals surface area contributed by atoms with Crippen molar-refractivity contribution in [2.75, 3.05) is 7.11 Å². The largest absolute Gasteiger partial charge is 0.481 e. The second-order valence-electron chi connectivity index (χ2n) is 4.54. The molecular formula is C11H20N4O3. The number of nitrogens with zero attached hydrogens (tertiary/aromatic N) is 4. The Hall–Kier alpha value is -1.50. The molecular weight excluding hydrogens is 236 g/mol. The Balaban J connectivity index is 2.80. The molecule has 102 valence electrons. The van der Waals surface area contributed by atoms with Gasteiger partial charge in [-0.05, 0) is 30.2 Å². The van der Waals surface area contributed by atoms with Gasteiger partial charge in [0.15, 0.2) is 5.82 Å². The fourth-order valence-corrected chi connectivity index (χ4v) is 1.57. The van der Waals surface area contributed by atoms with E-state index in [9.17, 15) is 4.79 Å². The van der Waals surface area contributed by atoms with E-state index in [1.807, 2.05) is 13.8 Å². The maximum Gasteiger partial charge on any atom is 0.306 e. The van der Waals surface area contributed by atoms with E-state index < -0.39 is 17.5 Å². The standard InChI is InChI=1S/C11H20N4O3/c1-5-11(3,18-4)10-12-13-14-15(10)7-6-8(2)9(16)17/h8H,5-7H2,1-4H3,(H,16,17). The van der Waals surface area contributed by atoms with Crippen molar-refractivity contribution in [2.45, 2.75) is 45.8 Å². The molecule has 0 aliphatic rings. The first kappa shape index (κ1) is 14.6. The van der Waals surface area contributed by atoms with Crippen LogP contribution < -0.4 is 0 Å². The zero-order chi connectivity index (χ0) is 13.8. The number of carboxylic acids is 1. The lowest BCUT2D eigenvalue weighted by molar-refractivity contribution is -0.141. The van der Waals surface area contributed by atoms with Gasteiger partial charge < -0.3 is 9.84 Å². The molecule has 1 heterocycles. The monoisotopic (exact) mass is 256 g/mol. The van der Waals surface area contributed by atoms with Crippen molar-refractivity contribution in [2.24, 2.45) is 5.92 Å². The quantitative estimate of drug-likeness (QED) is 0.784. The van der Waals surface area contributed by atoms with Gasteiger partial charge in [0.25, 0.3) is 0 Å².